The van der Waals surface area contributed by atoms with Gasteiger partial charge in [-0.25, -0.2) is 4.79 Å². The van der Waals surface area contributed by atoms with Gasteiger partial charge in [0.15, 0.2) is 0 Å². The number of aliphatic carboxylic acids is 1. The van der Waals surface area contributed by atoms with Crippen LogP contribution in [0.5, 0.6) is 0 Å². The van der Waals surface area contributed by atoms with E-state index in [2.05, 4.69) is 17.6 Å². The molecule has 0 spiro atoms. The van der Waals surface area contributed by atoms with Crippen LogP contribution in [0.1, 0.15) is 68.8 Å². The fourth-order valence-corrected chi connectivity index (χ4v) is 2.51. The highest BCUT2D eigenvalue weighted by Crippen LogP contribution is 2.10. The Labute approximate surface area is 155 Å². The first-order valence-electron chi connectivity index (χ1n) is 9.28. The van der Waals surface area contributed by atoms with Gasteiger partial charge in [0.1, 0.15) is 6.04 Å². The first kappa shape index (κ1) is 21.7. The average molecular weight is 362 g/mol. The molecule has 0 aliphatic carbocycles. The molecule has 0 fully saturated rings. The summed E-state index contributed by atoms with van der Waals surface area (Å²) in [6.07, 6.45) is 4.21. The Balaban J connectivity index is 2.56. The summed E-state index contributed by atoms with van der Waals surface area (Å²) < 4.78 is 0. The molecule has 3 N–H and O–H groups in total. The van der Waals surface area contributed by atoms with Crippen molar-refractivity contribution in [3.63, 3.8) is 0 Å². The van der Waals surface area contributed by atoms with Crippen LogP contribution in [-0.2, 0) is 16.1 Å². The predicted octanol–water partition coefficient (Wildman–Crippen LogP) is 3.11. The molecule has 6 nitrogen and oxygen atoms in total. The lowest BCUT2D eigenvalue weighted by Crippen LogP contribution is -2.45. The van der Waals surface area contributed by atoms with Gasteiger partial charge < -0.3 is 15.7 Å². The van der Waals surface area contributed by atoms with E-state index >= 15 is 0 Å². The SMILES string of the molecule is CCCCCC(=O)NCc1ccc(C(=O)N[C@H](C(=O)O)[C@@H](C)CC)cc1. The van der Waals surface area contributed by atoms with Crippen molar-refractivity contribution < 1.29 is 19.5 Å². The van der Waals surface area contributed by atoms with Crippen molar-refractivity contribution in [2.75, 3.05) is 0 Å². The highest BCUT2D eigenvalue weighted by molar-refractivity contribution is 5.96. The second-order valence-electron chi connectivity index (χ2n) is 6.61. The van der Waals surface area contributed by atoms with Gasteiger partial charge in [-0.05, 0) is 30.0 Å². The zero-order valence-corrected chi connectivity index (χ0v) is 15.9. The minimum absolute atomic E-state index is 0.0260. The lowest BCUT2D eigenvalue weighted by atomic mass is 9.99. The molecule has 1 rings (SSSR count). The van der Waals surface area contributed by atoms with Crippen molar-refractivity contribution in [1.29, 1.82) is 0 Å². The number of carboxylic acid groups (broad SMARTS) is 1. The fourth-order valence-electron chi connectivity index (χ4n) is 2.51. The zero-order chi connectivity index (χ0) is 19.5. The van der Waals surface area contributed by atoms with Crippen LogP contribution in [0.2, 0.25) is 0 Å². The predicted molar refractivity (Wildman–Crippen MR) is 101 cm³/mol. The molecule has 144 valence electrons. The third kappa shape index (κ3) is 7.25. The Hall–Kier alpha value is -2.37. The molecule has 0 aliphatic heterocycles. The van der Waals surface area contributed by atoms with Crippen LogP contribution in [0.15, 0.2) is 24.3 Å². The summed E-state index contributed by atoms with van der Waals surface area (Å²) >= 11 is 0. The number of carbonyl (C=O) groups excluding carboxylic acids is 2. The maximum atomic E-state index is 12.3. The Bertz CT molecular complexity index is 598. The van der Waals surface area contributed by atoms with Gasteiger partial charge in [-0.3, -0.25) is 9.59 Å². The number of benzene rings is 1. The molecular formula is C20H30N2O4. The summed E-state index contributed by atoms with van der Waals surface area (Å²) in [6, 6.07) is 5.91. The second kappa shape index (κ2) is 11.3. The van der Waals surface area contributed by atoms with Crippen LogP contribution < -0.4 is 10.6 Å². The van der Waals surface area contributed by atoms with Crippen molar-refractivity contribution in [2.24, 2.45) is 5.92 Å². The molecule has 26 heavy (non-hydrogen) atoms. The fraction of sp³-hybridized carbons (Fsp3) is 0.550. The van der Waals surface area contributed by atoms with Gasteiger partial charge >= 0.3 is 5.97 Å². The van der Waals surface area contributed by atoms with Crippen molar-refractivity contribution in [1.82, 2.24) is 10.6 Å². The highest BCUT2D eigenvalue weighted by Gasteiger charge is 2.25. The number of rotatable bonds is 11. The van der Waals surface area contributed by atoms with Gasteiger partial charge in [-0.15, -0.1) is 0 Å². The molecule has 0 radical (unpaired) electrons. The van der Waals surface area contributed by atoms with Crippen LogP contribution in [0.4, 0.5) is 0 Å². The molecule has 2 atom stereocenters. The number of hydrogen-bond acceptors (Lipinski definition) is 3. The molecule has 0 unspecified atom stereocenters. The molecule has 0 aromatic heterocycles. The van der Waals surface area contributed by atoms with Gasteiger partial charge in [0, 0.05) is 18.5 Å². The zero-order valence-electron chi connectivity index (χ0n) is 15.9. The average Bonchev–Trinajstić information content (AvgIpc) is 2.64. The largest absolute Gasteiger partial charge is 0.480 e. The monoisotopic (exact) mass is 362 g/mol. The summed E-state index contributed by atoms with van der Waals surface area (Å²) in [6.45, 7) is 6.19. The third-order valence-corrected chi connectivity index (χ3v) is 4.48. The molecule has 0 aliphatic rings. The first-order chi connectivity index (χ1) is 12.4. The molecule has 1 aromatic carbocycles. The molecule has 2 amide bonds. The van der Waals surface area contributed by atoms with E-state index in [1.54, 1.807) is 31.2 Å². The Kier molecular flexibility index (Phi) is 9.41. The maximum Gasteiger partial charge on any atom is 0.326 e. The summed E-state index contributed by atoms with van der Waals surface area (Å²) in [5.41, 5.74) is 1.29. The minimum atomic E-state index is -1.03. The molecule has 1 aromatic rings. The van der Waals surface area contributed by atoms with Crippen molar-refractivity contribution >= 4 is 17.8 Å². The van der Waals surface area contributed by atoms with Crippen LogP contribution in [0.3, 0.4) is 0 Å². The highest BCUT2D eigenvalue weighted by atomic mass is 16.4. The summed E-state index contributed by atoms with van der Waals surface area (Å²) in [4.78, 5) is 35.3. The van der Waals surface area contributed by atoms with E-state index < -0.39 is 17.9 Å². The van der Waals surface area contributed by atoms with Crippen molar-refractivity contribution in [3.05, 3.63) is 35.4 Å². The van der Waals surface area contributed by atoms with Crippen molar-refractivity contribution in [3.8, 4) is 0 Å². The molecule has 6 heteroatoms. The topological polar surface area (TPSA) is 95.5 Å². The standard InChI is InChI=1S/C20H30N2O4/c1-4-6-7-8-17(23)21-13-15-9-11-16(12-10-15)19(24)22-18(20(25)26)14(3)5-2/h9-12,14,18H,4-8,13H2,1-3H3,(H,21,23)(H,22,24)(H,25,26)/t14-,18-/m0/s1. The quantitative estimate of drug-likeness (QED) is 0.527. The lowest BCUT2D eigenvalue weighted by Gasteiger charge is -2.20. The Morgan fingerprint density at radius 2 is 1.73 bits per heavy atom. The smallest absolute Gasteiger partial charge is 0.326 e. The molecule has 0 saturated carbocycles. The van der Waals surface area contributed by atoms with Crippen LogP contribution in [0, 0.1) is 5.92 Å². The van der Waals surface area contributed by atoms with Gasteiger partial charge in [0.05, 0.1) is 0 Å². The maximum absolute atomic E-state index is 12.3. The van der Waals surface area contributed by atoms with Crippen LogP contribution in [0.25, 0.3) is 0 Å². The number of amides is 2. The molecule has 0 saturated heterocycles. The van der Waals surface area contributed by atoms with Crippen LogP contribution in [-0.4, -0.2) is 28.9 Å². The first-order valence-corrected chi connectivity index (χ1v) is 9.28. The van der Waals surface area contributed by atoms with Gasteiger partial charge in [-0.1, -0.05) is 52.2 Å². The lowest BCUT2D eigenvalue weighted by molar-refractivity contribution is -0.140. The third-order valence-electron chi connectivity index (χ3n) is 4.48. The van der Waals surface area contributed by atoms with Gasteiger partial charge in [0.2, 0.25) is 5.91 Å². The van der Waals surface area contributed by atoms with E-state index in [0.29, 0.717) is 24.9 Å². The van der Waals surface area contributed by atoms with E-state index in [-0.39, 0.29) is 11.8 Å². The van der Waals surface area contributed by atoms with Crippen LogP contribution >= 0.6 is 0 Å². The summed E-state index contributed by atoms with van der Waals surface area (Å²) in [5.74, 6) is -1.57. The number of carboxylic acids is 1. The van der Waals surface area contributed by atoms with E-state index in [9.17, 15) is 19.5 Å². The second-order valence-corrected chi connectivity index (χ2v) is 6.61. The van der Waals surface area contributed by atoms with E-state index in [1.807, 2.05) is 6.92 Å². The number of hydrogen-bond donors (Lipinski definition) is 3. The number of nitrogens with one attached hydrogen (secondary N) is 2. The Morgan fingerprint density at radius 1 is 1.08 bits per heavy atom. The van der Waals surface area contributed by atoms with E-state index in [1.165, 1.54) is 0 Å². The molecule has 0 heterocycles. The minimum Gasteiger partial charge on any atom is -0.480 e. The number of unbranched alkanes of at least 4 members (excludes halogenated alkanes) is 2. The molecule has 0 bridgehead atoms. The Morgan fingerprint density at radius 3 is 2.27 bits per heavy atom. The normalized spacial score (nSPS) is 12.9. The molecular weight excluding hydrogens is 332 g/mol. The van der Waals surface area contributed by atoms with E-state index in [0.717, 1.165) is 24.8 Å². The van der Waals surface area contributed by atoms with Gasteiger partial charge in [0.25, 0.3) is 5.91 Å². The van der Waals surface area contributed by atoms with E-state index in [4.69, 9.17) is 0 Å². The summed E-state index contributed by atoms with van der Waals surface area (Å²) in [7, 11) is 0. The number of carbonyl (C=O) groups is 3. The van der Waals surface area contributed by atoms with Gasteiger partial charge in [-0.2, -0.15) is 0 Å². The summed E-state index contributed by atoms with van der Waals surface area (Å²) in [5, 5.41) is 14.7. The van der Waals surface area contributed by atoms with Crippen molar-refractivity contribution in [2.45, 2.75) is 65.5 Å².